The SMILES string of the molecule is CC1(C)CC2=C(C(=O)N1)[C@](C)(c1ccccc1)c1cc(C(F)(F)F)cnc1N2. The molecule has 2 aliphatic rings. The van der Waals surface area contributed by atoms with Gasteiger partial charge in [0.05, 0.1) is 16.6 Å². The second kappa shape index (κ2) is 5.83. The Hall–Kier alpha value is -2.83. The topological polar surface area (TPSA) is 54.0 Å². The number of carbonyl (C=O) groups excluding carboxylic acids is 1. The number of pyridine rings is 1. The van der Waals surface area contributed by atoms with Crippen LogP contribution >= 0.6 is 0 Å². The summed E-state index contributed by atoms with van der Waals surface area (Å²) in [5.41, 5.74) is -0.165. The largest absolute Gasteiger partial charge is 0.417 e. The molecule has 0 spiro atoms. The summed E-state index contributed by atoms with van der Waals surface area (Å²) in [7, 11) is 0. The quantitative estimate of drug-likeness (QED) is 0.763. The first kappa shape index (κ1) is 18.5. The number of rotatable bonds is 1. The van der Waals surface area contributed by atoms with Gasteiger partial charge in [-0.25, -0.2) is 4.98 Å². The van der Waals surface area contributed by atoms with Crippen molar-refractivity contribution >= 4 is 11.7 Å². The maximum absolute atomic E-state index is 13.4. The molecule has 0 saturated heterocycles. The Morgan fingerprint density at radius 2 is 1.79 bits per heavy atom. The van der Waals surface area contributed by atoms with Gasteiger partial charge >= 0.3 is 6.18 Å². The molecule has 2 aromatic rings. The van der Waals surface area contributed by atoms with Gasteiger partial charge in [0, 0.05) is 29.4 Å². The van der Waals surface area contributed by atoms with E-state index in [9.17, 15) is 18.0 Å². The predicted octanol–water partition coefficient (Wildman–Crippen LogP) is 4.38. The number of anilines is 1. The number of halogens is 3. The fourth-order valence-electron chi connectivity index (χ4n) is 4.17. The number of alkyl halides is 3. The van der Waals surface area contributed by atoms with Crippen LogP contribution in [0.2, 0.25) is 0 Å². The van der Waals surface area contributed by atoms with Crippen LogP contribution in [0, 0.1) is 0 Å². The molecular weight excluding hydrogens is 367 g/mol. The zero-order valence-electron chi connectivity index (χ0n) is 15.7. The Balaban J connectivity index is 2.01. The molecule has 3 heterocycles. The zero-order valence-corrected chi connectivity index (χ0v) is 15.7. The maximum Gasteiger partial charge on any atom is 0.417 e. The Bertz CT molecular complexity index is 996. The summed E-state index contributed by atoms with van der Waals surface area (Å²) in [4.78, 5) is 17.1. The smallest absolute Gasteiger partial charge is 0.347 e. The van der Waals surface area contributed by atoms with Crippen molar-refractivity contribution in [3.8, 4) is 0 Å². The minimum absolute atomic E-state index is 0.284. The predicted molar refractivity (Wildman–Crippen MR) is 99.6 cm³/mol. The summed E-state index contributed by atoms with van der Waals surface area (Å²) in [6.07, 6.45) is -3.17. The lowest BCUT2D eigenvalue weighted by atomic mass is 9.66. The Kier molecular flexibility index (Phi) is 3.86. The minimum Gasteiger partial charge on any atom is -0.347 e. The highest BCUT2D eigenvalue weighted by molar-refractivity contribution is 6.01. The van der Waals surface area contributed by atoms with E-state index in [1.165, 1.54) is 0 Å². The second-order valence-electron chi connectivity index (χ2n) is 8.10. The summed E-state index contributed by atoms with van der Waals surface area (Å²) < 4.78 is 40.1. The average molecular weight is 387 g/mol. The van der Waals surface area contributed by atoms with Gasteiger partial charge in [0.1, 0.15) is 5.82 Å². The van der Waals surface area contributed by atoms with Gasteiger partial charge < -0.3 is 10.6 Å². The minimum atomic E-state index is -4.52. The van der Waals surface area contributed by atoms with Crippen molar-refractivity contribution in [3.05, 3.63) is 70.6 Å². The van der Waals surface area contributed by atoms with Crippen LogP contribution in [-0.2, 0) is 16.4 Å². The molecule has 2 aliphatic heterocycles. The number of fused-ring (bicyclic) bond motifs is 1. The van der Waals surface area contributed by atoms with Gasteiger partial charge in [0.25, 0.3) is 5.91 Å². The molecule has 2 N–H and O–H groups in total. The van der Waals surface area contributed by atoms with Crippen molar-refractivity contribution < 1.29 is 18.0 Å². The second-order valence-corrected chi connectivity index (χ2v) is 8.10. The Morgan fingerprint density at radius 1 is 1.11 bits per heavy atom. The maximum atomic E-state index is 13.4. The fourth-order valence-corrected chi connectivity index (χ4v) is 4.17. The van der Waals surface area contributed by atoms with Crippen LogP contribution in [0.1, 0.15) is 43.9 Å². The number of hydrogen-bond donors (Lipinski definition) is 2. The third kappa shape index (κ3) is 2.77. The molecule has 1 aromatic heterocycles. The molecule has 0 radical (unpaired) electrons. The zero-order chi connectivity index (χ0) is 20.3. The van der Waals surface area contributed by atoms with Crippen LogP contribution < -0.4 is 10.6 Å². The third-order valence-electron chi connectivity index (χ3n) is 5.47. The number of nitrogens with one attached hydrogen (secondary N) is 2. The molecule has 146 valence electrons. The molecule has 7 heteroatoms. The van der Waals surface area contributed by atoms with E-state index >= 15 is 0 Å². The molecule has 28 heavy (non-hydrogen) atoms. The van der Waals surface area contributed by atoms with Crippen molar-refractivity contribution in [1.29, 1.82) is 0 Å². The van der Waals surface area contributed by atoms with Crippen LogP contribution in [0.3, 0.4) is 0 Å². The van der Waals surface area contributed by atoms with E-state index < -0.39 is 22.7 Å². The van der Waals surface area contributed by atoms with E-state index in [1.54, 1.807) is 6.92 Å². The number of nitrogens with zero attached hydrogens (tertiary/aromatic N) is 1. The van der Waals surface area contributed by atoms with E-state index in [0.29, 0.717) is 29.1 Å². The van der Waals surface area contributed by atoms with E-state index in [4.69, 9.17) is 0 Å². The molecule has 0 saturated carbocycles. The fraction of sp³-hybridized carbons (Fsp3) is 0.333. The summed E-state index contributed by atoms with van der Waals surface area (Å²) >= 11 is 0. The first-order valence-corrected chi connectivity index (χ1v) is 8.99. The number of amides is 1. The highest BCUT2D eigenvalue weighted by Crippen LogP contribution is 2.49. The normalized spacial score (nSPS) is 23.4. The van der Waals surface area contributed by atoms with Gasteiger partial charge in [-0.3, -0.25) is 4.79 Å². The summed E-state index contributed by atoms with van der Waals surface area (Å²) in [5.74, 6) is 0.0665. The van der Waals surface area contributed by atoms with Crippen LogP contribution in [0.4, 0.5) is 19.0 Å². The Morgan fingerprint density at radius 3 is 2.43 bits per heavy atom. The summed E-state index contributed by atoms with van der Waals surface area (Å²) in [5, 5.41) is 6.10. The lowest BCUT2D eigenvalue weighted by Gasteiger charge is -2.45. The van der Waals surface area contributed by atoms with Crippen molar-refractivity contribution in [2.24, 2.45) is 0 Å². The first-order chi connectivity index (χ1) is 13.0. The molecule has 1 aromatic carbocycles. The van der Waals surface area contributed by atoms with Gasteiger partial charge in [-0.15, -0.1) is 0 Å². The average Bonchev–Trinajstić information content (AvgIpc) is 2.60. The van der Waals surface area contributed by atoms with Gasteiger partial charge in [-0.05, 0) is 32.4 Å². The monoisotopic (exact) mass is 387 g/mol. The third-order valence-corrected chi connectivity index (χ3v) is 5.47. The summed E-state index contributed by atoms with van der Waals surface area (Å²) in [6, 6.07) is 10.2. The number of hydrogen-bond acceptors (Lipinski definition) is 3. The molecule has 1 amide bonds. The molecule has 0 unspecified atom stereocenters. The van der Waals surface area contributed by atoms with Crippen LogP contribution in [0.15, 0.2) is 53.9 Å². The molecule has 4 rings (SSSR count). The van der Waals surface area contributed by atoms with Crippen molar-refractivity contribution in [3.63, 3.8) is 0 Å². The molecule has 0 aliphatic carbocycles. The van der Waals surface area contributed by atoms with E-state index in [1.807, 2.05) is 44.2 Å². The highest BCUT2D eigenvalue weighted by atomic mass is 19.4. The van der Waals surface area contributed by atoms with Crippen molar-refractivity contribution in [2.45, 2.75) is 44.3 Å². The van der Waals surface area contributed by atoms with Crippen molar-refractivity contribution in [1.82, 2.24) is 10.3 Å². The van der Waals surface area contributed by atoms with Crippen LogP contribution in [0.5, 0.6) is 0 Å². The standard InChI is InChI=1S/C21H20F3N3O/c1-19(2)10-15-16(18(28)27-19)20(3,12-7-5-4-6-8-12)14-9-13(21(22,23)24)11-25-17(14)26-15/h4-9,11H,10H2,1-3H3,(H,25,26)(H,27,28)/t20-/m1/s1. The van der Waals surface area contributed by atoms with Gasteiger partial charge in [-0.2, -0.15) is 13.2 Å². The molecule has 4 nitrogen and oxygen atoms in total. The van der Waals surface area contributed by atoms with Gasteiger partial charge in [0.15, 0.2) is 0 Å². The highest BCUT2D eigenvalue weighted by Gasteiger charge is 2.48. The van der Waals surface area contributed by atoms with Crippen molar-refractivity contribution in [2.75, 3.05) is 5.32 Å². The molecule has 1 atom stereocenters. The van der Waals surface area contributed by atoms with Gasteiger partial charge in [-0.1, -0.05) is 30.3 Å². The van der Waals surface area contributed by atoms with Gasteiger partial charge in [0.2, 0.25) is 0 Å². The number of benzene rings is 1. The lowest BCUT2D eigenvalue weighted by molar-refractivity contribution is -0.137. The number of aromatic nitrogens is 1. The molecule has 0 fully saturated rings. The summed E-state index contributed by atoms with van der Waals surface area (Å²) in [6.45, 7) is 5.61. The first-order valence-electron chi connectivity index (χ1n) is 8.99. The van der Waals surface area contributed by atoms with Crippen LogP contribution in [0.25, 0.3) is 0 Å². The molecular formula is C21H20F3N3O. The van der Waals surface area contributed by atoms with E-state index in [0.717, 1.165) is 17.8 Å². The molecule has 0 bridgehead atoms. The lowest BCUT2D eigenvalue weighted by Crippen LogP contribution is -2.54. The Labute approximate surface area is 160 Å². The number of carbonyl (C=O) groups is 1. The van der Waals surface area contributed by atoms with E-state index in [2.05, 4.69) is 15.6 Å². The van der Waals surface area contributed by atoms with Crippen LogP contribution in [-0.4, -0.2) is 16.4 Å². The van der Waals surface area contributed by atoms with E-state index in [-0.39, 0.29) is 5.91 Å².